The minimum Gasteiger partial charge on any atom is -0.494 e. The fourth-order valence-corrected chi connectivity index (χ4v) is 2.30. The molecule has 0 fully saturated rings. The van der Waals surface area contributed by atoms with E-state index in [-0.39, 0.29) is 11.4 Å². The molecule has 112 valence electrons. The third kappa shape index (κ3) is 2.32. The van der Waals surface area contributed by atoms with Crippen molar-refractivity contribution in [2.24, 2.45) is 5.73 Å². The van der Waals surface area contributed by atoms with Gasteiger partial charge in [0.05, 0.1) is 12.1 Å². The lowest BCUT2D eigenvalue weighted by atomic mass is 10.1. The molecule has 7 heteroatoms. The number of aromatic amines is 1. The number of amides is 1. The molecule has 0 radical (unpaired) electrons. The first-order valence-electron chi connectivity index (χ1n) is 6.76. The van der Waals surface area contributed by atoms with E-state index in [1.54, 1.807) is 6.20 Å². The number of carbonyl (C=O) groups is 1. The monoisotopic (exact) mass is 297 g/mol. The Balaban J connectivity index is 2.09. The van der Waals surface area contributed by atoms with E-state index in [1.165, 1.54) is 0 Å². The lowest BCUT2D eigenvalue weighted by molar-refractivity contribution is 0.100. The van der Waals surface area contributed by atoms with Crippen LogP contribution in [-0.2, 0) is 0 Å². The number of hydrogen-bond donors (Lipinski definition) is 3. The van der Waals surface area contributed by atoms with Crippen molar-refractivity contribution < 1.29 is 9.53 Å². The van der Waals surface area contributed by atoms with Crippen molar-refractivity contribution in [1.82, 2.24) is 15.2 Å². The Labute approximate surface area is 126 Å². The standard InChI is InChI=1S/C15H15N5O2/c1-2-22-10-4-3-8-5-9(7-18-11(8)6-10)13-12(15(17)21)14(16)20-19-13/h3-7H,2H2,1H3,(H2,17,21)(H3,16,19,20). The molecule has 5 N–H and O–H groups in total. The van der Waals surface area contributed by atoms with E-state index in [0.717, 1.165) is 16.7 Å². The van der Waals surface area contributed by atoms with E-state index >= 15 is 0 Å². The lowest BCUT2D eigenvalue weighted by Crippen LogP contribution is -2.13. The van der Waals surface area contributed by atoms with Gasteiger partial charge in [0.2, 0.25) is 0 Å². The van der Waals surface area contributed by atoms with E-state index in [1.807, 2.05) is 31.2 Å². The smallest absolute Gasteiger partial charge is 0.254 e. The second-order valence-corrected chi connectivity index (χ2v) is 4.74. The zero-order chi connectivity index (χ0) is 15.7. The van der Waals surface area contributed by atoms with Gasteiger partial charge in [0.1, 0.15) is 22.8 Å². The van der Waals surface area contributed by atoms with Gasteiger partial charge in [-0.2, -0.15) is 5.10 Å². The summed E-state index contributed by atoms with van der Waals surface area (Å²) in [6.45, 7) is 2.52. The maximum atomic E-state index is 11.5. The number of nitrogens with one attached hydrogen (secondary N) is 1. The van der Waals surface area contributed by atoms with Crippen LogP contribution in [0.5, 0.6) is 5.75 Å². The molecule has 1 aromatic carbocycles. The van der Waals surface area contributed by atoms with Gasteiger partial charge in [-0.05, 0) is 25.1 Å². The van der Waals surface area contributed by atoms with Crippen LogP contribution in [0.3, 0.4) is 0 Å². The van der Waals surface area contributed by atoms with Crippen LogP contribution in [0.25, 0.3) is 22.2 Å². The van der Waals surface area contributed by atoms with Crippen LogP contribution >= 0.6 is 0 Å². The number of benzene rings is 1. The van der Waals surface area contributed by atoms with Crippen LogP contribution in [0.15, 0.2) is 30.5 Å². The van der Waals surface area contributed by atoms with Crippen LogP contribution in [0.2, 0.25) is 0 Å². The average Bonchev–Trinajstić information content (AvgIpc) is 2.89. The number of rotatable bonds is 4. The number of hydrogen-bond acceptors (Lipinski definition) is 5. The van der Waals surface area contributed by atoms with Gasteiger partial charge in [0, 0.05) is 23.2 Å². The molecule has 0 saturated heterocycles. The predicted molar refractivity (Wildman–Crippen MR) is 83.4 cm³/mol. The van der Waals surface area contributed by atoms with Crippen LogP contribution in [0.1, 0.15) is 17.3 Å². The fourth-order valence-electron chi connectivity index (χ4n) is 2.30. The summed E-state index contributed by atoms with van der Waals surface area (Å²) >= 11 is 0. The molecular weight excluding hydrogens is 282 g/mol. The number of fused-ring (bicyclic) bond motifs is 1. The Bertz CT molecular complexity index is 856. The maximum Gasteiger partial charge on any atom is 0.254 e. The van der Waals surface area contributed by atoms with Crippen LogP contribution in [0.4, 0.5) is 5.82 Å². The summed E-state index contributed by atoms with van der Waals surface area (Å²) in [6, 6.07) is 7.50. The highest BCUT2D eigenvalue weighted by Gasteiger charge is 2.18. The minimum atomic E-state index is -0.631. The van der Waals surface area contributed by atoms with Crippen molar-refractivity contribution in [3.05, 3.63) is 36.0 Å². The summed E-state index contributed by atoms with van der Waals surface area (Å²) in [5, 5.41) is 7.52. The highest BCUT2D eigenvalue weighted by molar-refractivity contribution is 6.03. The van der Waals surface area contributed by atoms with Gasteiger partial charge in [0.15, 0.2) is 0 Å². The molecule has 2 aromatic heterocycles. The first-order chi connectivity index (χ1) is 10.6. The topological polar surface area (TPSA) is 120 Å². The number of ether oxygens (including phenoxy) is 1. The van der Waals surface area contributed by atoms with E-state index in [4.69, 9.17) is 16.2 Å². The first-order valence-corrected chi connectivity index (χ1v) is 6.76. The lowest BCUT2D eigenvalue weighted by Gasteiger charge is -2.06. The zero-order valence-corrected chi connectivity index (χ0v) is 12.0. The summed E-state index contributed by atoms with van der Waals surface area (Å²) in [7, 11) is 0. The molecule has 0 atom stereocenters. The molecule has 0 aliphatic carbocycles. The average molecular weight is 297 g/mol. The summed E-state index contributed by atoms with van der Waals surface area (Å²) in [5.74, 6) is 0.277. The molecule has 0 bridgehead atoms. The SMILES string of the molecule is CCOc1ccc2cc(-c3n[nH]c(N)c3C(N)=O)cnc2c1. The molecule has 2 heterocycles. The second-order valence-electron chi connectivity index (χ2n) is 4.74. The molecular formula is C15H15N5O2. The van der Waals surface area contributed by atoms with E-state index in [2.05, 4.69) is 15.2 Å². The first kappa shape index (κ1) is 13.9. The second kappa shape index (κ2) is 5.36. The van der Waals surface area contributed by atoms with Crippen molar-refractivity contribution >= 4 is 22.6 Å². The normalized spacial score (nSPS) is 10.8. The molecule has 0 saturated carbocycles. The molecule has 0 spiro atoms. The quantitative estimate of drug-likeness (QED) is 0.677. The summed E-state index contributed by atoms with van der Waals surface area (Å²) in [6.07, 6.45) is 1.63. The van der Waals surface area contributed by atoms with Gasteiger partial charge in [0.25, 0.3) is 5.91 Å². The fraction of sp³-hybridized carbons (Fsp3) is 0.133. The molecule has 0 aliphatic heterocycles. The Morgan fingerprint density at radius 2 is 2.18 bits per heavy atom. The van der Waals surface area contributed by atoms with Crippen molar-refractivity contribution in [2.45, 2.75) is 6.92 Å². The zero-order valence-electron chi connectivity index (χ0n) is 12.0. The van der Waals surface area contributed by atoms with Crippen LogP contribution < -0.4 is 16.2 Å². The molecule has 0 aliphatic rings. The van der Waals surface area contributed by atoms with Crippen molar-refractivity contribution in [1.29, 1.82) is 0 Å². The summed E-state index contributed by atoms with van der Waals surface area (Å²) in [4.78, 5) is 15.9. The van der Waals surface area contributed by atoms with Gasteiger partial charge in [-0.3, -0.25) is 14.9 Å². The van der Waals surface area contributed by atoms with Crippen molar-refractivity contribution in [3.63, 3.8) is 0 Å². The minimum absolute atomic E-state index is 0.147. The van der Waals surface area contributed by atoms with Gasteiger partial charge in [-0.15, -0.1) is 0 Å². The molecule has 1 amide bonds. The van der Waals surface area contributed by atoms with Crippen molar-refractivity contribution in [3.8, 4) is 17.0 Å². The van der Waals surface area contributed by atoms with Crippen molar-refractivity contribution in [2.75, 3.05) is 12.3 Å². The molecule has 3 rings (SSSR count). The summed E-state index contributed by atoms with van der Waals surface area (Å²) in [5.41, 5.74) is 13.1. The number of anilines is 1. The predicted octanol–water partition coefficient (Wildman–Crippen LogP) is 1.70. The number of nitrogens with zero attached hydrogens (tertiary/aromatic N) is 2. The Morgan fingerprint density at radius 3 is 2.91 bits per heavy atom. The Morgan fingerprint density at radius 1 is 1.36 bits per heavy atom. The molecule has 0 unspecified atom stereocenters. The van der Waals surface area contributed by atoms with Gasteiger partial charge in [-0.1, -0.05) is 0 Å². The number of primary amides is 1. The number of pyridine rings is 1. The molecule has 22 heavy (non-hydrogen) atoms. The number of nitrogen functional groups attached to an aromatic ring is 1. The van der Waals surface area contributed by atoms with Gasteiger partial charge >= 0.3 is 0 Å². The van der Waals surface area contributed by atoms with E-state index in [9.17, 15) is 4.79 Å². The summed E-state index contributed by atoms with van der Waals surface area (Å²) < 4.78 is 5.45. The molecule has 3 aromatic rings. The van der Waals surface area contributed by atoms with Crippen LogP contribution in [0, 0.1) is 0 Å². The number of H-pyrrole nitrogens is 1. The third-order valence-electron chi connectivity index (χ3n) is 3.28. The largest absolute Gasteiger partial charge is 0.494 e. The number of nitrogens with two attached hydrogens (primary N) is 2. The Hall–Kier alpha value is -3.09. The van der Waals surface area contributed by atoms with Gasteiger partial charge in [-0.25, -0.2) is 0 Å². The van der Waals surface area contributed by atoms with Gasteiger partial charge < -0.3 is 16.2 Å². The third-order valence-corrected chi connectivity index (χ3v) is 3.28. The van der Waals surface area contributed by atoms with Crippen LogP contribution in [-0.4, -0.2) is 27.7 Å². The highest BCUT2D eigenvalue weighted by atomic mass is 16.5. The number of carbonyl (C=O) groups excluding carboxylic acids is 1. The maximum absolute atomic E-state index is 11.5. The number of aromatic nitrogens is 3. The van der Waals surface area contributed by atoms with E-state index < -0.39 is 5.91 Å². The Kier molecular flexibility index (Phi) is 3.38. The molecule has 7 nitrogen and oxygen atoms in total. The highest BCUT2D eigenvalue weighted by Crippen LogP contribution is 2.28. The van der Waals surface area contributed by atoms with E-state index in [0.29, 0.717) is 17.9 Å².